The molecule has 3 nitrogen and oxygen atoms in total. The van der Waals surface area contributed by atoms with E-state index in [9.17, 15) is 14.4 Å². The maximum absolute atomic E-state index is 13.9. The Labute approximate surface area is 171 Å². The second kappa shape index (κ2) is 9.12. The Hall–Kier alpha value is -3.23. The highest BCUT2D eigenvalue weighted by Gasteiger charge is 2.11. The molecule has 0 fully saturated rings. The third-order valence-electron chi connectivity index (χ3n) is 4.12. The van der Waals surface area contributed by atoms with Crippen LogP contribution in [0.2, 0.25) is 0 Å². The Morgan fingerprint density at radius 2 is 1.75 bits per heavy atom. The lowest BCUT2D eigenvalue weighted by Gasteiger charge is -2.08. The molecule has 0 saturated heterocycles. The summed E-state index contributed by atoms with van der Waals surface area (Å²) in [6.07, 6.45) is 1.97. The summed E-state index contributed by atoms with van der Waals surface area (Å²) in [6, 6.07) is 23.0. The monoisotopic (exact) mass is 434 g/mol. The predicted molar refractivity (Wildman–Crippen MR) is 112 cm³/mol. The van der Waals surface area contributed by atoms with Crippen LogP contribution in [0, 0.1) is 17.1 Å². The number of nitrogens with one attached hydrogen (secondary N) is 1. The predicted octanol–water partition coefficient (Wildman–Crippen LogP) is 5.72. The van der Waals surface area contributed by atoms with Gasteiger partial charge >= 0.3 is 0 Å². The van der Waals surface area contributed by atoms with Gasteiger partial charge in [0.2, 0.25) is 0 Å². The minimum atomic E-state index is -0.472. The summed E-state index contributed by atoms with van der Waals surface area (Å²) in [5.74, 6) is -0.719. The zero-order valence-electron chi connectivity index (χ0n) is 14.8. The van der Waals surface area contributed by atoms with E-state index in [1.54, 1.807) is 48.5 Å². The molecule has 3 rings (SSSR count). The molecule has 0 heterocycles. The van der Waals surface area contributed by atoms with Gasteiger partial charge in [0.15, 0.2) is 0 Å². The van der Waals surface area contributed by atoms with Crippen LogP contribution >= 0.6 is 15.9 Å². The van der Waals surface area contributed by atoms with Gasteiger partial charge in [-0.15, -0.1) is 0 Å². The third-order valence-corrected chi connectivity index (χ3v) is 4.86. The van der Waals surface area contributed by atoms with Crippen molar-refractivity contribution >= 4 is 33.6 Å². The van der Waals surface area contributed by atoms with Crippen molar-refractivity contribution in [1.82, 2.24) is 0 Å². The number of rotatable bonds is 5. The molecule has 0 aromatic heterocycles. The van der Waals surface area contributed by atoms with E-state index in [1.807, 2.05) is 24.3 Å². The van der Waals surface area contributed by atoms with Crippen molar-refractivity contribution in [2.75, 3.05) is 5.32 Å². The minimum Gasteiger partial charge on any atom is -0.321 e. The summed E-state index contributed by atoms with van der Waals surface area (Å²) >= 11 is 3.50. The fourth-order valence-corrected chi connectivity index (χ4v) is 3.22. The van der Waals surface area contributed by atoms with E-state index >= 15 is 0 Å². The van der Waals surface area contributed by atoms with E-state index in [2.05, 4.69) is 21.2 Å². The van der Waals surface area contributed by atoms with E-state index in [0.29, 0.717) is 23.2 Å². The quantitative estimate of drug-likeness (QED) is 0.412. The molecule has 1 amide bonds. The van der Waals surface area contributed by atoms with Crippen LogP contribution in [-0.4, -0.2) is 5.91 Å². The summed E-state index contributed by atoms with van der Waals surface area (Å²) in [4.78, 5) is 12.3. The average molecular weight is 435 g/mol. The van der Waals surface area contributed by atoms with Crippen LogP contribution in [0.25, 0.3) is 6.08 Å². The molecule has 0 atom stereocenters. The van der Waals surface area contributed by atoms with E-state index in [0.717, 1.165) is 10.0 Å². The van der Waals surface area contributed by atoms with Gasteiger partial charge in [-0.3, -0.25) is 4.79 Å². The van der Waals surface area contributed by atoms with E-state index in [4.69, 9.17) is 0 Å². The van der Waals surface area contributed by atoms with Gasteiger partial charge in [-0.1, -0.05) is 64.5 Å². The van der Waals surface area contributed by atoms with Crippen LogP contribution in [-0.2, 0) is 11.2 Å². The van der Waals surface area contributed by atoms with Gasteiger partial charge in [-0.2, -0.15) is 5.26 Å². The van der Waals surface area contributed by atoms with Crippen LogP contribution in [0.15, 0.2) is 82.8 Å². The molecule has 5 heteroatoms. The number of nitriles is 1. The number of para-hydroxylation sites is 1. The highest BCUT2D eigenvalue weighted by molar-refractivity contribution is 9.10. The summed E-state index contributed by atoms with van der Waals surface area (Å²) in [5, 5.41) is 12.0. The van der Waals surface area contributed by atoms with Crippen LogP contribution in [0.5, 0.6) is 0 Å². The number of nitrogens with zero attached hydrogens (tertiary/aromatic N) is 1. The summed E-state index contributed by atoms with van der Waals surface area (Å²) in [5.41, 5.74) is 2.83. The number of halogens is 2. The second-order valence-corrected chi connectivity index (χ2v) is 6.96. The molecule has 0 bridgehead atoms. The summed E-state index contributed by atoms with van der Waals surface area (Å²) in [7, 11) is 0. The topological polar surface area (TPSA) is 52.9 Å². The van der Waals surface area contributed by atoms with Gasteiger partial charge in [0.25, 0.3) is 5.91 Å². The first-order chi connectivity index (χ1) is 13.6. The van der Waals surface area contributed by atoms with Gasteiger partial charge in [0, 0.05) is 16.6 Å². The lowest BCUT2D eigenvalue weighted by Crippen LogP contribution is -2.13. The molecule has 3 aromatic rings. The number of hydrogen-bond donors (Lipinski definition) is 1. The first kappa shape index (κ1) is 19.5. The summed E-state index contributed by atoms with van der Waals surface area (Å²) < 4.78 is 14.6. The highest BCUT2D eigenvalue weighted by Crippen LogP contribution is 2.24. The SMILES string of the molecule is N#C/C(=C\c1ccc(Cc2ccccc2F)c(Br)c1)C(=O)Nc1ccccc1. The number of hydrogen-bond acceptors (Lipinski definition) is 2. The van der Waals surface area contributed by atoms with Crippen molar-refractivity contribution in [2.24, 2.45) is 0 Å². The molecule has 0 aliphatic carbocycles. The lowest BCUT2D eigenvalue weighted by molar-refractivity contribution is -0.112. The maximum Gasteiger partial charge on any atom is 0.266 e. The average Bonchev–Trinajstić information content (AvgIpc) is 2.70. The molecular formula is C23H16BrFN2O. The number of amides is 1. The fourth-order valence-electron chi connectivity index (χ4n) is 2.68. The number of carbonyl (C=O) groups is 1. The van der Waals surface area contributed by atoms with Gasteiger partial charge in [-0.25, -0.2) is 4.39 Å². The van der Waals surface area contributed by atoms with Gasteiger partial charge < -0.3 is 5.32 Å². The van der Waals surface area contributed by atoms with Gasteiger partial charge in [0.1, 0.15) is 17.5 Å². The van der Waals surface area contributed by atoms with Crippen LogP contribution in [0.4, 0.5) is 10.1 Å². The van der Waals surface area contributed by atoms with E-state index < -0.39 is 5.91 Å². The fraction of sp³-hybridized carbons (Fsp3) is 0.0435. The van der Waals surface area contributed by atoms with Crippen molar-refractivity contribution in [1.29, 1.82) is 5.26 Å². The molecule has 3 aromatic carbocycles. The molecule has 0 saturated carbocycles. The Balaban J connectivity index is 1.79. The molecule has 28 heavy (non-hydrogen) atoms. The molecule has 0 radical (unpaired) electrons. The Bertz CT molecular complexity index is 1070. The lowest BCUT2D eigenvalue weighted by atomic mass is 10.0. The van der Waals surface area contributed by atoms with Gasteiger partial charge in [-0.05, 0) is 47.0 Å². The number of benzene rings is 3. The molecule has 0 aliphatic heterocycles. The number of anilines is 1. The van der Waals surface area contributed by atoms with Crippen molar-refractivity contribution in [3.63, 3.8) is 0 Å². The summed E-state index contributed by atoms with van der Waals surface area (Å²) in [6.45, 7) is 0. The van der Waals surface area contributed by atoms with Crippen LogP contribution in [0.3, 0.4) is 0 Å². The van der Waals surface area contributed by atoms with E-state index in [1.165, 1.54) is 12.1 Å². The smallest absolute Gasteiger partial charge is 0.266 e. The van der Waals surface area contributed by atoms with Crippen molar-refractivity contribution in [3.8, 4) is 6.07 Å². The molecule has 0 spiro atoms. The molecule has 0 aliphatic rings. The third kappa shape index (κ3) is 4.93. The van der Waals surface area contributed by atoms with Crippen molar-refractivity contribution in [2.45, 2.75) is 6.42 Å². The van der Waals surface area contributed by atoms with Crippen molar-refractivity contribution < 1.29 is 9.18 Å². The normalized spacial score (nSPS) is 11.0. The first-order valence-corrected chi connectivity index (χ1v) is 9.36. The highest BCUT2D eigenvalue weighted by atomic mass is 79.9. The Kier molecular flexibility index (Phi) is 6.36. The van der Waals surface area contributed by atoms with Crippen LogP contribution < -0.4 is 5.32 Å². The second-order valence-electron chi connectivity index (χ2n) is 6.11. The van der Waals surface area contributed by atoms with E-state index in [-0.39, 0.29) is 11.4 Å². The Morgan fingerprint density at radius 1 is 1.04 bits per heavy atom. The number of carbonyl (C=O) groups excluding carboxylic acids is 1. The molecule has 138 valence electrons. The molecule has 0 unspecified atom stereocenters. The molecular weight excluding hydrogens is 419 g/mol. The first-order valence-electron chi connectivity index (χ1n) is 8.57. The minimum absolute atomic E-state index is 0.00222. The maximum atomic E-state index is 13.9. The zero-order valence-corrected chi connectivity index (χ0v) is 16.4. The van der Waals surface area contributed by atoms with Crippen molar-refractivity contribution in [3.05, 3.63) is 105 Å². The standard InChI is InChI=1S/C23H16BrFN2O/c24-21-13-16(10-11-17(21)14-18-6-4-5-9-22(18)25)12-19(15-26)23(28)27-20-7-2-1-3-8-20/h1-13H,14H2,(H,27,28)/b19-12+. The van der Waals surface area contributed by atoms with Gasteiger partial charge in [0.05, 0.1) is 0 Å². The Morgan fingerprint density at radius 3 is 2.43 bits per heavy atom. The molecule has 1 N–H and O–H groups in total. The van der Waals surface area contributed by atoms with Crippen LogP contribution in [0.1, 0.15) is 16.7 Å². The zero-order chi connectivity index (χ0) is 19.9. The largest absolute Gasteiger partial charge is 0.321 e.